The van der Waals surface area contributed by atoms with Crippen LogP contribution in [0.3, 0.4) is 0 Å². The molecule has 0 unspecified atom stereocenters. The highest BCUT2D eigenvalue weighted by molar-refractivity contribution is 5.33. The monoisotopic (exact) mass is 210 g/mol. The Kier molecular flexibility index (Phi) is 3.16. The van der Waals surface area contributed by atoms with Crippen molar-refractivity contribution in [2.75, 3.05) is 11.9 Å². The van der Waals surface area contributed by atoms with Gasteiger partial charge in [0.1, 0.15) is 11.6 Å². The number of hydrogen-bond donors (Lipinski definition) is 2. The number of hydrogen-bond acceptors (Lipinski definition) is 3. The van der Waals surface area contributed by atoms with Gasteiger partial charge in [-0.3, -0.25) is 0 Å². The Morgan fingerprint density at radius 2 is 2.33 bits per heavy atom. The molecule has 1 aliphatic rings. The van der Waals surface area contributed by atoms with Crippen molar-refractivity contribution in [1.29, 1.82) is 0 Å². The van der Waals surface area contributed by atoms with Crippen molar-refractivity contribution in [3.8, 4) is 0 Å². The van der Waals surface area contributed by atoms with E-state index >= 15 is 0 Å². The summed E-state index contributed by atoms with van der Waals surface area (Å²) < 4.78 is 12.6. The number of nitrogens with zero attached hydrogens (tertiary/aromatic N) is 1. The van der Waals surface area contributed by atoms with Crippen molar-refractivity contribution < 1.29 is 9.50 Å². The Bertz CT molecular complexity index is 315. The maximum atomic E-state index is 12.6. The molecular weight excluding hydrogens is 195 g/mol. The minimum absolute atomic E-state index is 0.196. The van der Waals surface area contributed by atoms with Crippen LogP contribution in [-0.2, 0) is 0 Å². The minimum atomic E-state index is -0.332. The first-order valence-corrected chi connectivity index (χ1v) is 5.29. The maximum absolute atomic E-state index is 12.6. The molecule has 1 heterocycles. The van der Waals surface area contributed by atoms with E-state index in [9.17, 15) is 9.50 Å². The summed E-state index contributed by atoms with van der Waals surface area (Å²) in [7, 11) is 0. The van der Waals surface area contributed by atoms with Crippen LogP contribution in [0.15, 0.2) is 18.3 Å². The average molecular weight is 210 g/mol. The number of pyridine rings is 1. The topological polar surface area (TPSA) is 45.1 Å². The molecule has 0 saturated heterocycles. The van der Waals surface area contributed by atoms with Crippen molar-refractivity contribution in [2.45, 2.75) is 25.4 Å². The van der Waals surface area contributed by atoms with E-state index in [1.54, 1.807) is 6.07 Å². The molecule has 2 N–H and O–H groups in total. The molecule has 1 aliphatic carbocycles. The zero-order valence-corrected chi connectivity index (χ0v) is 8.49. The largest absolute Gasteiger partial charge is 0.393 e. The number of aliphatic hydroxyl groups excluding tert-OH is 1. The van der Waals surface area contributed by atoms with Crippen LogP contribution in [0.4, 0.5) is 10.2 Å². The third-order valence-corrected chi connectivity index (χ3v) is 2.89. The van der Waals surface area contributed by atoms with Gasteiger partial charge >= 0.3 is 0 Å². The number of aliphatic hydroxyl groups is 1. The first kappa shape index (κ1) is 10.4. The molecule has 1 aromatic rings. The molecule has 3 nitrogen and oxygen atoms in total. The first-order chi connectivity index (χ1) is 7.25. The second-order valence-corrected chi connectivity index (χ2v) is 4.00. The summed E-state index contributed by atoms with van der Waals surface area (Å²) in [6.45, 7) is 0.708. The van der Waals surface area contributed by atoms with Crippen molar-refractivity contribution in [3.05, 3.63) is 24.1 Å². The summed E-state index contributed by atoms with van der Waals surface area (Å²) in [5, 5.41) is 12.7. The predicted octanol–water partition coefficient (Wildman–Crippen LogP) is 1.79. The van der Waals surface area contributed by atoms with E-state index < -0.39 is 0 Å². The molecule has 2 rings (SSSR count). The number of halogens is 1. The SMILES string of the molecule is O[C@H]1CCC[C@@H]1CNc1ccc(F)cn1. The molecule has 82 valence electrons. The van der Waals surface area contributed by atoms with Gasteiger partial charge in [-0.2, -0.15) is 0 Å². The molecule has 15 heavy (non-hydrogen) atoms. The van der Waals surface area contributed by atoms with Crippen LogP contribution in [0.1, 0.15) is 19.3 Å². The highest BCUT2D eigenvalue weighted by Gasteiger charge is 2.24. The third kappa shape index (κ3) is 2.65. The van der Waals surface area contributed by atoms with Crippen LogP contribution in [0.5, 0.6) is 0 Å². The van der Waals surface area contributed by atoms with E-state index in [4.69, 9.17) is 0 Å². The highest BCUT2D eigenvalue weighted by Crippen LogP contribution is 2.25. The van der Waals surface area contributed by atoms with Crippen LogP contribution in [0.2, 0.25) is 0 Å². The van der Waals surface area contributed by atoms with E-state index in [1.807, 2.05) is 0 Å². The van der Waals surface area contributed by atoms with Crippen LogP contribution >= 0.6 is 0 Å². The van der Waals surface area contributed by atoms with Gasteiger partial charge in [-0.25, -0.2) is 9.37 Å². The molecule has 0 aliphatic heterocycles. The molecule has 1 aromatic heterocycles. The quantitative estimate of drug-likeness (QED) is 0.799. The standard InChI is InChI=1S/C11H15FN2O/c12-9-4-5-11(14-7-9)13-6-8-2-1-3-10(8)15/h4-5,7-8,10,15H,1-3,6H2,(H,13,14)/t8-,10+/m1/s1. The Hall–Kier alpha value is -1.16. The van der Waals surface area contributed by atoms with Gasteiger partial charge in [0.2, 0.25) is 0 Å². The zero-order valence-electron chi connectivity index (χ0n) is 8.49. The lowest BCUT2D eigenvalue weighted by Crippen LogP contribution is -2.22. The number of aromatic nitrogens is 1. The van der Waals surface area contributed by atoms with Gasteiger partial charge in [0.05, 0.1) is 12.3 Å². The van der Waals surface area contributed by atoms with Crippen LogP contribution in [-0.4, -0.2) is 22.7 Å². The normalized spacial score (nSPS) is 25.5. The molecule has 1 fully saturated rings. The van der Waals surface area contributed by atoms with Crippen molar-refractivity contribution in [1.82, 2.24) is 4.98 Å². The summed E-state index contributed by atoms with van der Waals surface area (Å²) in [4.78, 5) is 3.90. The van der Waals surface area contributed by atoms with Crippen molar-refractivity contribution in [3.63, 3.8) is 0 Å². The fourth-order valence-electron chi connectivity index (χ4n) is 1.97. The summed E-state index contributed by atoms with van der Waals surface area (Å²) in [6, 6.07) is 2.98. The Labute approximate surface area is 88.3 Å². The van der Waals surface area contributed by atoms with Crippen molar-refractivity contribution in [2.24, 2.45) is 5.92 Å². The second kappa shape index (κ2) is 4.57. The van der Waals surface area contributed by atoms with Crippen molar-refractivity contribution >= 4 is 5.82 Å². The van der Waals surface area contributed by atoms with Gasteiger partial charge in [-0.05, 0) is 25.0 Å². The summed E-state index contributed by atoms with van der Waals surface area (Å²) in [6.07, 6.45) is 4.02. The minimum Gasteiger partial charge on any atom is -0.393 e. The summed E-state index contributed by atoms with van der Waals surface area (Å²) in [5.41, 5.74) is 0. The molecule has 4 heteroatoms. The van der Waals surface area contributed by atoms with E-state index in [0.29, 0.717) is 18.3 Å². The fraction of sp³-hybridized carbons (Fsp3) is 0.545. The van der Waals surface area contributed by atoms with Gasteiger partial charge < -0.3 is 10.4 Å². The lowest BCUT2D eigenvalue weighted by molar-refractivity contribution is 0.138. The number of anilines is 1. The van der Waals surface area contributed by atoms with Crippen LogP contribution in [0.25, 0.3) is 0 Å². The zero-order chi connectivity index (χ0) is 10.7. The summed E-state index contributed by atoms with van der Waals surface area (Å²) >= 11 is 0. The molecule has 1 saturated carbocycles. The van der Waals surface area contributed by atoms with E-state index in [0.717, 1.165) is 19.3 Å². The predicted molar refractivity (Wildman–Crippen MR) is 56.0 cm³/mol. The fourth-order valence-corrected chi connectivity index (χ4v) is 1.97. The van der Waals surface area contributed by atoms with Gasteiger partial charge in [0.15, 0.2) is 0 Å². The summed E-state index contributed by atoms with van der Waals surface area (Å²) in [5.74, 6) is 0.633. The number of nitrogens with one attached hydrogen (secondary N) is 1. The Morgan fingerprint density at radius 3 is 2.93 bits per heavy atom. The number of rotatable bonds is 3. The average Bonchev–Trinajstić information content (AvgIpc) is 2.63. The third-order valence-electron chi connectivity index (χ3n) is 2.89. The molecule has 0 bridgehead atoms. The van der Waals surface area contributed by atoms with Gasteiger partial charge in [0, 0.05) is 12.5 Å². The molecule has 0 radical (unpaired) electrons. The smallest absolute Gasteiger partial charge is 0.141 e. The lowest BCUT2D eigenvalue weighted by atomic mass is 10.1. The van der Waals surface area contributed by atoms with E-state index in [-0.39, 0.29) is 11.9 Å². The van der Waals surface area contributed by atoms with Crippen LogP contribution in [0, 0.1) is 11.7 Å². The highest BCUT2D eigenvalue weighted by atomic mass is 19.1. The first-order valence-electron chi connectivity index (χ1n) is 5.29. The Morgan fingerprint density at radius 1 is 1.47 bits per heavy atom. The van der Waals surface area contributed by atoms with Crippen LogP contribution < -0.4 is 5.32 Å². The van der Waals surface area contributed by atoms with E-state index in [1.165, 1.54) is 12.3 Å². The van der Waals surface area contributed by atoms with Gasteiger partial charge in [-0.1, -0.05) is 6.42 Å². The molecular formula is C11H15FN2O. The second-order valence-electron chi connectivity index (χ2n) is 4.00. The maximum Gasteiger partial charge on any atom is 0.141 e. The molecule has 2 atom stereocenters. The lowest BCUT2D eigenvalue weighted by Gasteiger charge is -2.15. The molecule has 0 aromatic carbocycles. The molecule has 0 spiro atoms. The van der Waals surface area contributed by atoms with Gasteiger partial charge in [0.25, 0.3) is 0 Å². The van der Waals surface area contributed by atoms with Gasteiger partial charge in [-0.15, -0.1) is 0 Å². The van der Waals surface area contributed by atoms with E-state index in [2.05, 4.69) is 10.3 Å². The molecule has 0 amide bonds. The Balaban J connectivity index is 1.85.